The van der Waals surface area contributed by atoms with E-state index in [0.717, 1.165) is 32.1 Å². The normalized spacial score (nSPS) is 29.8. The van der Waals surface area contributed by atoms with Crippen LogP contribution in [-0.2, 0) is 14.3 Å². The number of rotatable bonds is 31. The van der Waals surface area contributed by atoms with Gasteiger partial charge in [-0.25, -0.2) is 0 Å². The SMILES string of the molecule is [2H]C([2H])([2H])C([2H])([2H])C([2H])([2H])C([2H])([2H])C([2H])([2H])C([2H])([2H])C([2H])([2H])C([2H])([2H])C([2H])([2H])C([2H])([2H])C([2H])([2H])C([2H])([2H])C([2H])([2H])C([2H])([2H])C([2H])([2H])C(=O)OC(CCCCCCCCC)CCCCCCCC(=O)O. The van der Waals surface area contributed by atoms with Crippen LogP contribution in [0.4, 0.5) is 0 Å². The Morgan fingerprint density at radius 1 is 0.658 bits per heavy atom. The summed E-state index contributed by atoms with van der Waals surface area (Å²) in [5.41, 5.74) is 0. The number of carbonyl (C=O) groups is 2. The van der Waals surface area contributed by atoms with E-state index in [1.807, 2.05) is 6.92 Å². The molecule has 1 unspecified atom stereocenters. The second kappa shape index (κ2) is 30.5. The lowest BCUT2D eigenvalue weighted by atomic mass is 10.0. The first-order chi connectivity index (χ1) is 30.3. The molecule has 0 aromatic carbocycles. The average molecular weight is 570 g/mol. The van der Waals surface area contributed by atoms with Crippen molar-refractivity contribution in [3.05, 3.63) is 0 Å². The molecular formula is C34H66O4. The highest BCUT2D eigenvalue weighted by atomic mass is 16.5. The van der Waals surface area contributed by atoms with E-state index in [1.165, 1.54) is 0 Å². The van der Waals surface area contributed by atoms with Gasteiger partial charge in [0, 0.05) is 55.3 Å². The molecule has 1 atom stereocenters. The second-order valence-corrected chi connectivity index (χ2v) is 8.39. The van der Waals surface area contributed by atoms with Crippen LogP contribution < -0.4 is 0 Å². The van der Waals surface area contributed by atoms with Crippen molar-refractivity contribution in [3.8, 4) is 0 Å². The third-order valence-corrected chi connectivity index (χ3v) is 5.23. The van der Waals surface area contributed by atoms with Gasteiger partial charge in [0.1, 0.15) is 6.10 Å². The van der Waals surface area contributed by atoms with Crippen molar-refractivity contribution in [2.75, 3.05) is 0 Å². The molecule has 0 aliphatic rings. The van der Waals surface area contributed by atoms with Gasteiger partial charge in [-0.2, -0.15) is 0 Å². The summed E-state index contributed by atoms with van der Waals surface area (Å²) in [4.78, 5) is 24.3. The fraction of sp³-hybridized carbons (Fsp3) is 0.941. The van der Waals surface area contributed by atoms with E-state index in [4.69, 9.17) is 52.3 Å². The fourth-order valence-electron chi connectivity index (χ4n) is 3.38. The quantitative estimate of drug-likeness (QED) is 0.0666. The van der Waals surface area contributed by atoms with Gasteiger partial charge in [-0.15, -0.1) is 0 Å². The molecule has 0 saturated heterocycles. The molecular weight excluding hydrogens is 472 g/mol. The van der Waals surface area contributed by atoms with Crippen LogP contribution in [0.5, 0.6) is 0 Å². The maximum Gasteiger partial charge on any atom is 0.306 e. The van der Waals surface area contributed by atoms with Gasteiger partial charge in [0.2, 0.25) is 0 Å². The zero-order valence-corrected chi connectivity index (χ0v) is 22.4. The Morgan fingerprint density at radius 2 is 1.11 bits per heavy atom. The maximum absolute atomic E-state index is 13.5. The van der Waals surface area contributed by atoms with Crippen molar-refractivity contribution in [1.82, 2.24) is 0 Å². The summed E-state index contributed by atoms with van der Waals surface area (Å²) in [5, 5.41) is 8.85. The Morgan fingerprint density at radius 3 is 1.61 bits per heavy atom. The summed E-state index contributed by atoms with van der Waals surface area (Å²) in [5.74, 6) is -3.09. The molecule has 4 nitrogen and oxygen atoms in total. The van der Waals surface area contributed by atoms with Gasteiger partial charge in [0.05, 0.1) is 0 Å². The standard InChI is InChI=1S/C34H66O4/c1-3-5-7-9-11-12-13-14-15-16-18-23-27-31-34(37)38-32(28-24-20-17-10-8-6-4-2)29-25-21-19-22-26-30-33(35)36/h32H,3-31H2,1-2H3,(H,35,36)/i1D3,3D2,5D2,7D2,9D2,11D2,12D2,13D2,14D2,15D2,16D2,18D2,23D2,27D2,31D2. The minimum atomic E-state index is -5.15. The highest BCUT2D eigenvalue weighted by molar-refractivity contribution is 5.69. The Balaban J connectivity index is 7.19. The van der Waals surface area contributed by atoms with Crippen molar-refractivity contribution in [2.45, 2.75) is 205 Å². The van der Waals surface area contributed by atoms with Crippen LogP contribution in [0.25, 0.3) is 0 Å². The van der Waals surface area contributed by atoms with Crippen molar-refractivity contribution in [1.29, 1.82) is 0 Å². The second-order valence-electron chi connectivity index (χ2n) is 8.39. The molecule has 0 saturated carbocycles. The number of hydrogen-bond acceptors (Lipinski definition) is 3. The van der Waals surface area contributed by atoms with Crippen LogP contribution >= 0.6 is 0 Å². The first-order valence-electron chi connectivity index (χ1n) is 28.7. The molecule has 0 spiro atoms. The molecule has 0 aromatic heterocycles. The maximum atomic E-state index is 13.5. The van der Waals surface area contributed by atoms with Crippen molar-refractivity contribution < 1.29 is 61.9 Å². The number of hydrogen-bond donors (Lipinski definition) is 1. The van der Waals surface area contributed by atoms with E-state index in [-0.39, 0.29) is 19.3 Å². The topological polar surface area (TPSA) is 63.6 Å². The van der Waals surface area contributed by atoms with Gasteiger partial charge in [-0.3, -0.25) is 9.59 Å². The number of unbranched alkanes of at least 4 members (excludes halogenated alkanes) is 10. The number of carbonyl (C=O) groups excluding carboxylic acids is 1. The van der Waals surface area contributed by atoms with Crippen LogP contribution in [0.2, 0.25) is 0 Å². The molecule has 4 heteroatoms. The van der Waals surface area contributed by atoms with Gasteiger partial charge >= 0.3 is 11.9 Å². The lowest BCUT2D eigenvalue weighted by Crippen LogP contribution is -2.18. The molecule has 0 aromatic rings. The molecule has 0 radical (unpaired) electrons. The van der Waals surface area contributed by atoms with Crippen LogP contribution in [0.15, 0.2) is 0 Å². The third kappa shape index (κ3) is 29.5. The third-order valence-electron chi connectivity index (χ3n) is 5.23. The van der Waals surface area contributed by atoms with Crippen LogP contribution in [0.1, 0.15) is 242 Å². The van der Waals surface area contributed by atoms with Crippen LogP contribution in [-0.4, -0.2) is 23.1 Å². The summed E-state index contributed by atoms with van der Waals surface area (Å²) in [6.07, 6.45) is -61.3. The van der Waals surface area contributed by atoms with E-state index in [9.17, 15) is 9.59 Å². The predicted molar refractivity (Wildman–Crippen MR) is 163 cm³/mol. The molecule has 0 aliphatic heterocycles. The average Bonchev–Trinajstić information content (AvgIpc) is 3.18. The lowest BCUT2D eigenvalue weighted by Gasteiger charge is -2.18. The molecule has 0 amide bonds. The smallest absolute Gasteiger partial charge is 0.306 e. The minimum Gasteiger partial charge on any atom is -0.481 e. The molecule has 1 N–H and O–H groups in total. The van der Waals surface area contributed by atoms with Gasteiger partial charge < -0.3 is 9.84 Å². The van der Waals surface area contributed by atoms with Gasteiger partial charge in [0.25, 0.3) is 0 Å². The molecule has 0 bridgehead atoms. The van der Waals surface area contributed by atoms with Crippen LogP contribution in [0, 0.1) is 0 Å². The van der Waals surface area contributed by atoms with Crippen molar-refractivity contribution in [2.24, 2.45) is 0 Å². The Kier molecular flexibility index (Phi) is 8.54. The van der Waals surface area contributed by atoms with E-state index in [1.54, 1.807) is 0 Å². The Bertz CT molecular complexity index is 1690. The Hall–Kier alpha value is -1.06. The molecule has 0 rings (SSSR count). The zero-order valence-electron chi connectivity index (χ0n) is 53.4. The molecule has 38 heavy (non-hydrogen) atoms. The number of carboxylic acids is 1. The number of ether oxygens (including phenoxy) is 1. The van der Waals surface area contributed by atoms with E-state index in [0.29, 0.717) is 44.9 Å². The van der Waals surface area contributed by atoms with Gasteiger partial charge in [-0.05, 0) is 38.5 Å². The Labute approximate surface area is 281 Å². The largest absolute Gasteiger partial charge is 0.481 e. The number of esters is 1. The molecule has 226 valence electrons. The predicted octanol–water partition coefficient (Wildman–Crippen LogP) is 11.3. The lowest BCUT2D eigenvalue weighted by molar-refractivity contribution is -0.150. The van der Waals surface area contributed by atoms with Crippen LogP contribution in [0.3, 0.4) is 0 Å². The molecule has 0 heterocycles. The number of carboxylic acid groups (broad SMARTS) is 1. The summed E-state index contributed by atoms with van der Waals surface area (Å²) >= 11 is 0. The van der Waals surface area contributed by atoms with E-state index >= 15 is 0 Å². The summed E-state index contributed by atoms with van der Waals surface area (Å²) in [7, 11) is 0. The highest BCUT2D eigenvalue weighted by Crippen LogP contribution is 2.19. The zero-order chi connectivity index (χ0) is 55.5. The van der Waals surface area contributed by atoms with Gasteiger partial charge in [-0.1, -0.05) is 148 Å². The van der Waals surface area contributed by atoms with E-state index in [2.05, 4.69) is 0 Å². The number of aliphatic carboxylic acids is 1. The fourth-order valence-corrected chi connectivity index (χ4v) is 3.38. The van der Waals surface area contributed by atoms with E-state index < -0.39 is 114 Å². The first-order valence-corrected chi connectivity index (χ1v) is 13.2. The highest BCUT2D eigenvalue weighted by Gasteiger charge is 2.14. The van der Waals surface area contributed by atoms with Gasteiger partial charge in [0.15, 0.2) is 0 Å². The summed E-state index contributed by atoms with van der Waals surface area (Å²) in [6.45, 7) is -2.10. The van der Waals surface area contributed by atoms with Crippen molar-refractivity contribution in [3.63, 3.8) is 0 Å². The summed E-state index contributed by atoms with van der Waals surface area (Å²) < 4.78 is 260. The molecule has 0 fully saturated rings. The van der Waals surface area contributed by atoms with Crippen molar-refractivity contribution >= 4 is 11.9 Å². The summed E-state index contributed by atoms with van der Waals surface area (Å²) in [6, 6.07) is 0. The first kappa shape index (κ1) is 10.6. The minimum absolute atomic E-state index is 0.0591. The monoisotopic (exact) mass is 570 g/mol. The molecule has 0 aliphatic carbocycles.